The lowest BCUT2D eigenvalue weighted by Gasteiger charge is -2.25. The van der Waals surface area contributed by atoms with Crippen molar-refractivity contribution in [3.8, 4) is 62.1 Å². The van der Waals surface area contributed by atoms with E-state index in [0.717, 1.165) is 50.7 Å². The van der Waals surface area contributed by atoms with Gasteiger partial charge in [0.05, 0.1) is 47.1 Å². The third-order valence-electron chi connectivity index (χ3n) is 12.8. The summed E-state index contributed by atoms with van der Waals surface area (Å²) in [6.07, 6.45) is 6.20. The quantitative estimate of drug-likeness (QED) is 0.0958. The summed E-state index contributed by atoms with van der Waals surface area (Å²) in [4.78, 5) is 4.93. The molecule has 0 aliphatic heterocycles. The Balaban J connectivity index is 1.02. The van der Waals surface area contributed by atoms with Crippen molar-refractivity contribution in [3.63, 3.8) is 0 Å². The van der Waals surface area contributed by atoms with Crippen LogP contribution in [0, 0.1) is 6.33 Å². The number of rotatable bonds is 11. The molecule has 0 spiro atoms. The maximum Gasteiger partial charge on any atom is 0.269 e. The van der Waals surface area contributed by atoms with Crippen molar-refractivity contribution in [1.82, 2.24) is 14.1 Å². The number of ether oxygens (including phenoxy) is 1. The predicted octanol–water partition coefficient (Wildman–Crippen LogP) is 15.5. The fourth-order valence-electron chi connectivity index (χ4n) is 9.51. The Bertz CT molecular complexity index is 4280. The normalized spacial score (nSPS) is 13.7. The molecule has 0 saturated carbocycles. The summed E-state index contributed by atoms with van der Waals surface area (Å²) < 4.78 is 101. The molecular formula is C64H48N4O. The summed E-state index contributed by atoms with van der Waals surface area (Å²) in [5.74, 6) is 1.87. The van der Waals surface area contributed by atoms with E-state index in [2.05, 4.69) is 79.3 Å². The van der Waals surface area contributed by atoms with Gasteiger partial charge in [-0.1, -0.05) is 190 Å². The Kier molecular flexibility index (Phi) is 8.09. The van der Waals surface area contributed by atoms with E-state index in [0.29, 0.717) is 28.2 Å². The van der Waals surface area contributed by atoms with Crippen LogP contribution in [0.1, 0.15) is 38.7 Å². The molecule has 0 saturated heterocycles. The maximum atomic E-state index is 9.17. The van der Waals surface area contributed by atoms with Gasteiger partial charge in [0.2, 0.25) is 0 Å². The van der Waals surface area contributed by atoms with Crippen molar-refractivity contribution < 1.29 is 23.0 Å². The van der Waals surface area contributed by atoms with E-state index in [1.54, 1.807) is 22.8 Å². The molecule has 5 nitrogen and oxygen atoms in total. The highest BCUT2D eigenvalue weighted by atomic mass is 16.5. The second-order valence-corrected chi connectivity index (χ2v) is 17.6. The molecule has 0 amide bonds. The van der Waals surface area contributed by atoms with E-state index in [4.69, 9.17) is 17.9 Å². The number of pyridine rings is 1. The zero-order valence-corrected chi connectivity index (χ0v) is 37.7. The summed E-state index contributed by atoms with van der Waals surface area (Å²) in [6.45, 7) is 4.52. The Morgan fingerprint density at radius 1 is 0.551 bits per heavy atom. The number of hydrogen-bond donors (Lipinski definition) is 0. The minimum absolute atomic E-state index is 0.123. The zero-order chi connectivity index (χ0) is 55.0. The summed E-state index contributed by atoms with van der Waals surface area (Å²) in [6, 6.07) is 51.7. The van der Waals surface area contributed by atoms with Crippen LogP contribution in [0.15, 0.2) is 243 Å². The Morgan fingerprint density at radius 2 is 1.22 bits per heavy atom. The highest BCUT2D eigenvalue weighted by Gasteiger charge is 2.23. The Hall–Kier alpha value is -8.80. The molecule has 5 heteroatoms. The largest absolute Gasteiger partial charge is 0.458 e. The van der Waals surface area contributed by atoms with Gasteiger partial charge in [0, 0.05) is 23.0 Å². The van der Waals surface area contributed by atoms with E-state index >= 15 is 0 Å². The fraction of sp³-hybridized carbons (Fsp3) is 0.0625. The van der Waals surface area contributed by atoms with Crippen molar-refractivity contribution >= 4 is 32.8 Å². The lowest BCUT2D eigenvalue weighted by atomic mass is 9.79. The van der Waals surface area contributed by atoms with Gasteiger partial charge in [0.25, 0.3) is 6.33 Å². The average molecular weight is 899 g/mol. The van der Waals surface area contributed by atoms with Crippen LogP contribution in [0.3, 0.4) is 0 Å². The monoisotopic (exact) mass is 898 g/mol. The first-order valence-corrected chi connectivity index (χ1v) is 22.7. The van der Waals surface area contributed by atoms with Gasteiger partial charge in [0.15, 0.2) is 0 Å². The highest BCUT2D eigenvalue weighted by Crippen LogP contribution is 2.38. The third-order valence-corrected chi connectivity index (χ3v) is 12.8. The lowest BCUT2D eigenvalue weighted by Crippen LogP contribution is -2.31. The average Bonchev–Trinajstić information content (AvgIpc) is 4.03. The van der Waals surface area contributed by atoms with Crippen molar-refractivity contribution in [2.45, 2.75) is 25.7 Å². The number of aromatic nitrogens is 4. The smallest absolute Gasteiger partial charge is 0.269 e. The number of benzene rings is 9. The molecule has 3 heterocycles. The molecule has 0 N–H and O–H groups in total. The molecule has 0 bridgehead atoms. The standard InChI is InChI=1S/C64H48N4O/c1-64(2,50-25-13-6-14-26-50)43-45-37-38-65-62(39-45)68-58-32-16-15-29-56(58)57-35-34-53(42-60(57)68)69-52-28-17-27-51(41-52)66-44-67(61-40-49(33-36-59(61)66)46-19-7-3-8-20-46)63-54(47-21-9-4-10-22-47)30-18-31-55(63)48-23-11-5-12-24-48/h3-42H,43H2,1-2H3/i4D,5D,9D,10D,11D,12D,21D,22D,23D,24D. The Morgan fingerprint density at radius 3 is 1.97 bits per heavy atom. The van der Waals surface area contributed by atoms with E-state index < -0.39 is 60.4 Å². The van der Waals surface area contributed by atoms with Crippen LogP contribution < -0.4 is 9.30 Å². The van der Waals surface area contributed by atoms with E-state index in [9.17, 15) is 5.48 Å². The maximum absolute atomic E-state index is 9.17. The minimum atomic E-state index is -0.573. The van der Waals surface area contributed by atoms with E-state index in [1.165, 1.54) is 5.56 Å². The van der Waals surface area contributed by atoms with Gasteiger partial charge in [-0.3, -0.25) is 13.7 Å². The molecule has 0 aliphatic rings. The van der Waals surface area contributed by atoms with Crippen LogP contribution >= 0.6 is 0 Å². The zero-order valence-electron chi connectivity index (χ0n) is 47.7. The molecule has 3 aromatic heterocycles. The molecule has 330 valence electrons. The van der Waals surface area contributed by atoms with Crippen molar-refractivity contribution in [2.75, 3.05) is 0 Å². The first-order chi connectivity index (χ1) is 38.1. The van der Waals surface area contributed by atoms with Gasteiger partial charge < -0.3 is 4.74 Å². The first-order valence-electron chi connectivity index (χ1n) is 27.7. The summed E-state index contributed by atoms with van der Waals surface area (Å²) in [5, 5.41) is 2.11. The number of fused-ring (bicyclic) bond motifs is 4. The molecule has 0 fully saturated rings. The number of nitrogens with zero attached hydrogens (tertiary/aromatic N) is 4. The van der Waals surface area contributed by atoms with Crippen molar-refractivity contribution in [1.29, 1.82) is 0 Å². The van der Waals surface area contributed by atoms with Gasteiger partial charge in [0.1, 0.15) is 17.3 Å². The van der Waals surface area contributed by atoms with Gasteiger partial charge in [-0.15, -0.1) is 0 Å². The number of para-hydroxylation sites is 2. The predicted molar refractivity (Wildman–Crippen MR) is 282 cm³/mol. The van der Waals surface area contributed by atoms with Crippen LogP contribution in [0.25, 0.3) is 83.4 Å². The summed E-state index contributed by atoms with van der Waals surface area (Å²) in [5.41, 5.74) is 7.90. The van der Waals surface area contributed by atoms with Crippen molar-refractivity contribution in [2.24, 2.45) is 0 Å². The molecule has 69 heavy (non-hydrogen) atoms. The third kappa shape index (κ3) is 7.84. The molecule has 9 aromatic carbocycles. The molecule has 12 aromatic rings. The van der Waals surface area contributed by atoms with E-state index in [-0.39, 0.29) is 33.4 Å². The molecule has 0 radical (unpaired) electrons. The highest BCUT2D eigenvalue weighted by molar-refractivity contribution is 6.09. The number of imidazole rings is 1. The van der Waals surface area contributed by atoms with E-state index in [1.807, 2.05) is 114 Å². The van der Waals surface area contributed by atoms with Crippen molar-refractivity contribution in [3.05, 3.63) is 260 Å². The molecule has 0 unspecified atom stereocenters. The minimum Gasteiger partial charge on any atom is -0.458 e. The second-order valence-electron chi connectivity index (χ2n) is 17.6. The first kappa shape index (κ1) is 32.0. The van der Waals surface area contributed by atoms with Gasteiger partial charge in [-0.05, 0) is 111 Å². The molecule has 0 atom stereocenters. The van der Waals surface area contributed by atoms with Gasteiger partial charge in [-0.25, -0.2) is 4.98 Å². The molecule has 12 rings (SSSR count). The van der Waals surface area contributed by atoms with Crippen LogP contribution in [0.5, 0.6) is 11.5 Å². The summed E-state index contributed by atoms with van der Waals surface area (Å²) >= 11 is 0. The number of hydrogen-bond acceptors (Lipinski definition) is 2. The Labute approximate surface area is 416 Å². The van der Waals surface area contributed by atoms with Crippen LogP contribution in [-0.2, 0) is 11.8 Å². The van der Waals surface area contributed by atoms with Crippen LogP contribution in [0.4, 0.5) is 0 Å². The lowest BCUT2D eigenvalue weighted by molar-refractivity contribution is -0.571. The van der Waals surface area contributed by atoms with Crippen LogP contribution in [0.2, 0.25) is 0 Å². The molecule has 0 aliphatic carbocycles. The van der Waals surface area contributed by atoms with Crippen LogP contribution in [-0.4, -0.2) is 14.1 Å². The fourth-order valence-corrected chi connectivity index (χ4v) is 9.51. The molecular weight excluding hydrogens is 841 g/mol. The summed E-state index contributed by atoms with van der Waals surface area (Å²) in [7, 11) is 0. The van der Waals surface area contributed by atoms with Gasteiger partial charge >= 0.3 is 0 Å². The second kappa shape index (κ2) is 17.4. The topological polar surface area (TPSA) is 35.9 Å². The SMILES string of the molecule is [2H]c1c([2H])c([2H])c(-c2cccc(-c3c([2H])c([2H])c([2H])c([2H])c3[2H])c2-[n+]2[c-]n(-c3cccc(Oc4ccc5c6ccccc6n(-c6cc(CC(C)(C)c7ccccc7)ccn6)c5c4)c3)c3ccc(-c4ccccc4)cc32)c([2H])c1[2H]. The van der Waals surface area contributed by atoms with Gasteiger partial charge in [-0.2, -0.15) is 0 Å².